The SMILES string of the molecule is O=C(NCCN1C(=O)c2cccc3cccc(c23)C1=O)C1CCCO1. The number of imide groups is 1. The summed E-state index contributed by atoms with van der Waals surface area (Å²) < 4.78 is 5.32. The molecule has 4 rings (SSSR count). The molecule has 0 aliphatic carbocycles. The lowest BCUT2D eigenvalue weighted by atomic mass is 9.94. The normalized spacial score (nSPS) is 19.5. The van der Waals surface area contributed by atoms with E-state index < -0.39 is 6.10 Å². The Kier molecular flexibility index (Phi) is 3.97. The molecule has 1 saturated heterocycles. The third-order valence-electron chi connectivity index (χ3n) is 4.71. The molecular weight excluding hydrogens is 320 g/mol. The lowest BCUT2D eigenvalue weighted by Gasteiger charge is -2.27. The van der Waals surface area contributed by atoms with Gasteiger partial charge in [-0.15, -0.1) is 0 Å². The average molecular weight is 338 g/mol. The molecule has 2 heterocycles. The topological polar surface area (TPSA) is 75.7 Å². The Hall–Kier alpha value is -2.73. The number of rotatable bonds is 4. The van der Waals surface area contributed by atoms with E-state index in [2.05, 4.69) is 5.32 Å². The summed E-state index contributed by atoms with van der Waals surface area (Å²) in [5, 5.41) is 4.34. The molecule has 2 aromatic carbocycles. The van der Waals surface area contributed by atoms with Crippen LogP contribution in [0, 0.1) is 0 Å². The summed E-state index contributed by atoms with van der Waals surface area (Å²) >= 11 is 0. The highest BCUT2D eigenvalue weighted by Crippen LogP contribution is 2.29. The van der Waals surface area contributed by atoms with Crippen molar-refractivity contribution in [1.82, 2.24) is 10.2 Å². The van der Waals surface area contributed by atoms with Gasteiger partial charge in [0.25, 0.3) is 11.8 Å². The summed E-state index contributed by atoms with van der Waals surface area (Å²) in [5.74, 6) is -0.821. The molecule has 1 unspecified atom stereocenters. The average Bonchev–Trinajstić information content (AvgIpc) is 3.17. The van der Waals surface area contributed by atoms with Gasteiger partial charge < -0.3 is 10.1 Å². The van der Waals surface area contributed by atoms with Crippen molar-refractivity contribution in [3.05, 3.63) is 47.5 Å². The summed E-state index contributed by atoms with van der Waals surface area (Å²) in [7, 11) is 0. The Bertz CT molecular complexity index is 820. The lowest BCUT2D eigenvalue weighted by molar-refractivity contribution is -0.130. The molecule has 0 bridgehead atoms. The predicted octanol–water partition coefficient (Wildman–Crippen LogP) is 1.73. The monoisotopic (exact) mass is 338 g/mol. The van der Waals surface area contributed by atoms with E-state index in [-0.39, 0.29) is 30.8 Å². The number of benzene rings is 2. The third-order valence-corrected chi connectivity index (χ3v) is 4.71. The first-order valence-electron chi connectivity index (χ1n) is 8.44. The van der Waals surface area contributed by atoms with Crippen LogP contribution >= 0.6 is 0 Å². The van der Waals surface area contributed by atoms with Gasteiger partial charge in [-0.1, -0.05) is 24.3 Å². The summed E-state index contributed by atoms with van der Waals surface area (Å²) in [5.41, 5.74) is 1.05. The minimum absolute atomic E-state index is 0.140. The van der Waals surface area contributed by atoms with Crippen LogP contribution in [0.2, 0.25) is 0 Å². The lowest BCUT2D eigenvalue weighted by Crippen LogP contribution is -2.45. The number of hydrogen-bond acceptors (Lipinski definition) is 4. The molecule has 0 aromatic heterocycles. The quantitative estimate of drug-likeness (QED) is 0.862. The molecule has 2 aliphatic rings. The zero-order valence-electron chi connectivity index (χ0n) is 13.7. The van der Waals surface area contributed by atoms with Crippen LogP contribution in [-0.4, -0.2) is 48.4 Å². The maximum atomic E-state index is 12.7. The smallest absolute Gasteiger partial charge is 0.261 e. The Balaban J connectivity index is 1.51. The van der Waals surface area contributed by atoms with Gasteiger partial charge in [0.15, 0.2) is 0 Å². The van der Waals surface area contributed by atoms with Crippen molar-refractivity contribution in [1.29, 1.82) is 0 Å². The Morgan fingerprint density at radius 2 is 1.80 bits per heavy atom. The van der Waals surface area contributed by atoms with Crippen LogP contribution in [0.4, 0.5) is 0 Å². The highest BCUT2D eigenvalue weighted by Gasteiger charge is 2.32. The van der Waals surface area contributed by atoms with E-state index in [0.717, 1.165) is 11.8 Å². The van der Waals surface area contributed by atoms with Gasteiger partial charge >= 0.3 is 0 Å². The van der Waals surface area contributed by atoms with E-state index in [0.29, 0.717) is 29.5 Å². The minimum atomic E-state index is -0.415. The second kappa shape index (κ2) is 6.29. The van der Waals surface area contributed by atoms with Crippen molar-refractivity contribution in [2.75, 3.05) is 19.7 Å². The maximum absolute atomic E-state index is 12.7. The van der Waals surface area contributed by atoms with E-state index in [1.165, 1.54) is 4.90 Å². The zero-order valence-corrected chi connectivity index (χ0v) is 13.7. The van der Waals surface area contributed by atoms with E-state index in [1.54, 1.807) is 12.1 Å². The van der Waals surface area contributed by atoms with Crippen LogP contribution in [0.3, 0.4) is 0 Å². The van der Waals surface area contributed by atoms with Crippen molar-refractivity contribution < 1.29 is 19.1 Å². The molecule has 2 aliphatic heterocycles. The van der Waals surface area contributed by atoms with Crippen molar-refractivity contribution in [3.8, 4) is 0 Å². The molecule has 0 radical (unpaired) electrons. The molecule has 2 aromatic rings. The number of nitrogens with zero attached hydrogens (tertiary/aromatic N) is 1. The molecule has 128 valence electrons. The van der Waals surface area contributed by atoms with Gasteiger partial charge in [0.2, 0.25) is 5.91 Å². The van der Waals surface area contributed by atoms with Crippen molar-refractivity contribution in [2.24, 2.45) is 0 Å². The third kappa shape index (κ3) is 2.68. The molecule has 0 spiro atoms. The van der Waals surface area contributed by atoms with Gasteiger partial charge in [0.1, 0.15) is 6.10 Å². The van der Waals surface area contributed by atoms with Gasteiger partial charge in [-0.25, -0.2) is 0 Å². The van der Waals surface area contributed by atoms with E-state index in [9.17, 15) is 14.4 Å². The fourth-order valence-corrected chi connectivity index (χ4v) is 3.47. The maximum Gasteiger partial charge on any atom is 0.261 e. The van der Waals surface area contributed by atoms with Crippen LogP contribution < -0.4 is 5.32 Å². The Morgan fingerprint density at radius 1 is 1.12 bits per heavy atom. The van der Waals surface area contributed by atoms with Crippen LogP contribution in [0.1, 0.15) is 33.6 Å². The van der Waals surface area contributed by atoms with Crippen molar-refractivity contribution >= 4 is 28.5 Å². The standard InChI is InChI=1S/C19H18N2O4/c22-17(15-8-3-11-25-15)20-9-10-21-18(23)13-6-1-4-12-5-2-7-14(16(12)13)19(21)24/h1-2,4-7,15H,3,8-11H2,(H,20,22). The molecule has 1 fully saturated rings. The van der Waals surface area contributed by atoms with Crippen molar-refractivity contribution in [2.45, 2.75) is 18.9 Å². The highest BCUT2D eigenvalue weighted by atomic mass is 16.5. The fourth-order valence-electron chi connectivity index (χ4n) is 3.47. The summed E-state index contributed by atoms with van der Waals surface area (Å²) in [6, 6.07) is 10.9. The van der Waals surface area contributed by atoms with E-state index >= 15 is 0 Å². The predicted molar refractivity (Wildman–Crippen MR) is 91.3 cm³/mol. The first-order chi connectivity index (χ1) is 12.2. The van der Waals surface area contributed by atoms with Gasteiger partial charge in [-0.2, -0.15) is 0 Å². The minimum Gasteiger partial charge on any atom is -0.368 e. The largest absolute Gasteiger partial charge is 0.368 e. The van der Waals surface area contributed by atoms with E-state index in [1.807, 2.05) is 24.3 Å². The Labute approximate surface area is 144 Å². The number of nitrogens with one attached hydrogen (secondary N) is 1. The zero-order chi connectivity index (χ0) is 17.4. The number of carbonyl (C=O) groups is 3. The molecule has 0 saturated carbocycles. The second-order valence-electron chi connectivity index (χ2n) is 6.26. The molecule has 1 atom stereocenters. The first-order valence-corrected chi connectivity index (χ1v) is 8.44. The summed E-state index contributed by atoms with van der Waals surface area (Å²) in [6.07, 6.45) is 1.17. The number of hydrogen-bond donors (Lipinski definition) is 1. The van der Waals surface area contributed by atoms with Crippen molar-refractivity contribution in [3.63, 3.8) is 0 Å². The van der Waals surface area contributed by atoms with Gasteiger partial charge in [-0.05, 0) is 30.4 Å². The second-order valence-corrected chi connectivity index (χ2v) is 6.26. The molecule has 3 amide bonds. The number of amides is 3. The van der Waals surface area contributed by atoms with Crippen LogP contribution in [0.15, 0.2) is 36.4 Å². The van der Waals surface area contributed by atoms with Gasteiger partial charge in [0.05, 0.1) is 0 Å². The molecule has 6 nitrogen and oxygen atoms in total. The molecule has 1 N–H and O–H groups in total. The van der Waals surface area contributed by atoms with Crippen LogP contribution in [0.5, 0.6) is 0 Å². The number of carbonyl (C=O) groups excluding carboxylic acids is 3. The highest BCUT2D eigenvalue weighted by molar-refractivity contribution is 6.25. The van der Waals surface area contributed by atoms with Crippen LogP contribution in [-0.2, 0) is 9.53 Å². The first kappa shape index (κ1) is 15.8. The van der Waals surface area contributed by atoms with Crippen LogP contribution in [0.25, 0.3) is 10.8 Å². The van der Waals surface area contributed by atoms with E-state index in [4.69, 9.17) is 4.74 Å². The van der Waals surface area contributed by atoms with Gasteiger partial charge in [-0.3, -0.25) is 19.3 Å². The van der Waals surface area contributed by atoms with Gasteiger partial charge in [0, 0.05) is 36.2 Å². The molecule has 6 heteroatoms. The molecular formula is C19H18N2O4. The molecule has 25 heavy (non-hydrogen) atoms. The summed E-state index contributed by atoms with van der Waals surface area (Å²) in [4.78, 5) is 38.6. The Morgan fingerprint density at radius 3 is 2.40 bits per heavy atom. The fraction of sp³-hybridized carbons (Fsp3) is 0.316. The number of ether oxygens (including phenoxy) is 1. The summed E-state index contributed by atoms with van der Waals surface area (Å²) in [6.45, 7) is 0.955.